The molecule has 0 spiro atoms. The van der Waals surface area contributed by atoms with Gasteiger partial charge < -0.3 is 20.6 Å². The monoisotopic (exact) mass is 462 g/mol. The number of nitro groups is 1. The smallest absolute Gasteiger partial charge is 0.318 e. The maximum absolute atomic E-state index is 13.1. The number of Topliss-reactive ketones (excluding diaryl/α,β-unsaturated/α-hetero) is 1. The number of nitrogens with zero attached hydrogens (tertiary/aromatic N) is 2. The molecule has 0 aliphatic carbocycles. The lowest BCUT2D eigenvalue weighted by atomic mass is 9.99. The summed E-state index contributed by atoms with van der Waals surface area (Å²) in [6.07, 6.45) is 1.56. The summed E-state index contributed by atoms with van der Waals surface area (Å²) in [5.41, 5.74) is 0.949. The molecule has 10 heteroatoms. The molecule has 2 atom stereocenters. The second-order valence-electron chi connectivity index (χ2n) is 8.89. The number of rotatable bonds is 11. The van der Waals surface area contributed by atoms with E-state index in [0.717, 1.165) is 5.56 Å². The number of urea groups is 1. The number of aryl methyl sites for hydroxylation is 1. The van der Waals surface area contributed by atoms with E-state index < -0.39 is 47.4 Å². The van der Waals surface area contributed by atoms with Gasteiger partial charge in [0.1, 0.15) is 6.04 Å². The average Bonchev–Trinajstić information content (AvgIpc) is 2.76. The Labute approximate surface area is 193 Å². The van der Waals surface area contributed by atoms with Crippen LogP contribution in [0.1, 0.15) is 45.1 Å². The Morgan fingerprint density at radius 3 is 2.33 bits per heavy atom. The molecule has 3 amide bonds. The Hall–Kier alpha value is -3.01. The average molecular weight is 463 g/mol. The number of carbonyl (C=O) groups excluding carboxylic acids is 3. The number of nitrogens with one attached hydrogen (secondary N) is 2. The van der Waals surface area contributed by atoms with Gasteiger partial charge in [0.15, 0.2) is 0 Å². The van der Waals surface area contributed by atoms with E-state index in [-0.39, 0.29) is 12.3 Å². The van der Waals surface area contributed by atoms with Crippen molar-refractivity contribution in [2.75, 3.05) is 19.6 Å². The predicted octanol–water partition coefficient (Wildman–Crippen LogP) is 1.53. The van der Waals surface area contributed by atoms with E-state index >= 15 is 0 Å². The predicted molar refractivity (Wildman–Crippen MR) is 122 cm³/mol. The fourth-order valence-corrected chi connectivity index (χ4v) is 3.79. The minimum Gasteiger partial charge on any atom is -0.393 e. The van der Waals surface area contributed by atoms with Gasteiger partial charge in [-0.2, -0.15) is 0 Å². The van der Waals surface area contributed by atoms with E-state index in [1.54, 1.807) is 4.90 Å². The lowest BCUT2D eigenvalue weighted by Crippen LogP contribution is -2.56. The summed E-state index contributed by atoms with van der Waals surface area (Å²) in [4.78, 5) is 49.9. The first kappa shape index (κ1) is 26.2. The molecule has 1 aromatic carbocycles. The first-order valence-corrected chi connectivity index (χ1v) is 11.4. The van der Waals surface area contributed by atoms with Gasteiger partial charge in [-0.05, 0) is 43.6 Å². The highest BCUT2D eigenvalue weighted by molar-refractivity contribution is 5.93. The SMILES string of the molecule is CC(C)C[C@H](NC(=O)N1CCC(O)CC1)C(=O)N[C@@H](CCc1ccccc1)C(=O)C[N+](=O)[O-]. The van der Waals surface area contributed by atoms with Crippen LogP contribution in [0.5, 0.6) is 0 Å². The lowest BCUT2D eigenvalue weighted by molar-refractivity contribution is -0.467. The Morgan fingerprint density at radius 2 is 1.76 bits per heavy atom. The van der Waals surface area contributed by atoms with E-state index in [1.165, 1.54) is 0 Å². The van der Waals surface area contributed by atoms with Crippen LogP contribution < -0.4 is 10.6 Å². The van der Waals surface area contributed by atoms with Crippen LogP contribution >= 0.6 is 0 Å². The first-order valence-electron chi connectivity index (χ1n) is 11.4. The van der Waals surface area contributed by atoms with Gasteiger partial charge in [-0.15, -0.1) is 0 Å². The molecule has 1 aliphatic heterocycles. The first-order chi connectivity index (χ1) is 15.7. The second-order valence-corrected chi connectivity index (χ2v) is 8.89. The zero-order valence-corrected chi connectivity index (χ0v) is 19.2. The molecule has 33 heavy (non-hydrogen) atoms. The summed E-state index contributed by atoms with van der Waals surface area (Å²) in [6, 6.07) is 7.03. The zero-order chi connectivity index (χ0) is 24.4. The number of benzene rings is 1. The van der Waals surface area contributed by atoms with Crippen molar-refractivity contribution >= 4 is 17.7 Å². The number of likely N-dealkylation sites (tertiary alicyclic amines) is 1. The van der Waals surface area contributed by atoms with Gasteiger partial charge in [0.25, 0.3) is 6.54 Å². The number of amides is 3. The van der Waals surface area contributed by atoms with Crippen molar-refractivity contribution in [3.05, 3.63) is 46.0 Å². The molecule has 1 heterocycles. The summed E-state index contributed by atoms with van der Waals surface area (Å²) in [7, 11) is 0. The fourth-order valence-electron chi connectivity index (χ4n) is 3.79. The standard InChI is InChI=1S/C23H34N4O6/c1-16(2)14-20(25-23(31)26-12-10-18(28)11-13-26)22(30)24-19(21(29)15-27(32)33)9-8-17-6-4-3-5-7-17/h3-7,16,18-20,28H,8-15H2,1-2H3,(H,24,30)(H,25,31)/t19-,20-/m0/s1. The van der Waals surface area contributed by atoms with Crippen LogP contribution in [0.25, 0.3) is 0 Å². The minimum atomic E-state index is -1.03. The van der Waals surface area contributed by atoms with Crippen LogP contribution in [0, 0.1) is 16.0 Å². The molecule has 0 radical (unpaired) electrons. The third-order valence-electron chi connectivity index (χ3n) is 5.63. The van der Waals surface area contributed by atoms with E-state index in [1.807, 2.05) is 44.2 Å². The summed E-state index contributed by atoms with van der Waals surface area (Å²) >= 11 is 0. The molecule has 182 valence electrons. The number of hydrogen-bond donors (Lipinski definition) is 3. The highest BCUT2D eigenvalue weighted by Crippen LogP contribution is 2.12. The van der Waals surface area contributed by atoms with Gasteiger partial charge in [0.2, 0.25) is 11.7 Å². The largest absolute Gasteiger partial charge is 0.393 e. The molecule has 1 aliphatic rings. The number of carbonyl (C=O) groups is 3. The molecule has 2 rings (SSSR count). The lowest BCUT2D eigenvalue weighted by Gasteiger charge is -2.31. The molecular weight excluding hydrogens is 428 g/mol. The van der Waals surface area contributed by atoms with Crippen molar-refractivity contribution in [3.63, 3.8) is 0 Å². The Balaban J connectivity index is 2.07. The fraction of sp³-hybridized carbons (Fsp3) is 0.609. The maximum atomic E-state index is 13.1. The molecular formula is C23H34N4O6. The van der Waals surface area contributed by atoms with Gasteiger partial charge >= 0.3 is 6.03 Å². The quantitative estimate of drug-likeness (QED) is 0.336. The van der Waals surface area contributed by atoms with E-state index in [2.05, 4.69) is 10.6 Å². The number of aliphatic hydroxyl groups excluding tert-OH is 1. The van der Waals surface area contributed by atoms with Gasteiger partial charge in [-0.1, -0.05) is 44.2 Å². The molecule has 0 saturated carbocycles. The molecule has 1 saturated heterocycles. The minimum absolute atomic E-state index is 0.0847. The van der Waals surface area contributed by atoms with Crippen molar-refractivity contribution in [2.24, 2.45) is 5.92 Å². The van der Waals surface area contributed by atoms with Crippen LogP contribution in [-0.4, -0.2) is 70.5 Å². The van der Waals surface area contributed by atoms with E-state index in [4.69, 9.17) is 0 Å². The van der Waals surface area contributed by atoms with Gasteiger partial charge in [0.05, 0.1) is 12.1 Å². The van der Waals surface area contributed by atoms with Crippen LogP contribution in [0.3, 0.4) is 0 Å². The highest BCUT2D eigenvalue weighted by atomic mass is 16.6. The Bertz CT molecular complexity index is 808. The zero-order valence-electron chi connectivity index (χ0n) is 19.2. The number of hydrogen-bond acceptors (Lipinski definition) is 6. The normalized spacial score (nSPS) is 16.2. The number of ketones is 1. The third-order valence-corrected chi connectivity index (χ3v) is 5.63. The van der Waals surface area contributed by atoms with Crippen LogP contribution in [0.4, 0.5) is 4.79 Å². The summed E-state index contributed by atoms with van der Waals surface area (Å²) in [5, 5.41) is 25.9. The molecule has 0 bridgehead atoms. The summed E-state index contributed by atoms with van der Waals surface area (Å²) in [5.74, 6) is -1.13. The highest BCUT2D eigenvalue weighted by Gasteiger charge is 2.31. The second kappa shape index (κ2) is 12.9. The molecule has 1 aromatic rings. The topological polar surface area (TPSA) is 142 Å². The molecule has 0 unspecified atom stereocenters. The number of piperidine rings is 1. The molecule has 1 fully saturated rings. The third kappa shape index (κ3) is 9.17. The van der Waals surface area contributed by atoms with Crippen molar-refractivity contribution in [3.8, 4) is 0 Å². The van der Waals surface area contributed by atoms with Crippen LogP contribution in [0.2, 0.25) is 0 Å². The molecule has 3 N–H and O–H groups in total. The van der Waals surface area contributed by atoms with E-state index in [9.17, 15) is 29.6 Å². The maximum Gasteiger partial charge on any atom is 0.318 e. The van der Waals surface area contributed by atoms with Gasteiger partial charge in [-0.3, -0.25) is 19.7 Å². The Kier molecular flexibility index (Phi) is 10.2. The Morgan fingerprint density at radius 1 is 1.12 bits per heavy atom. The van der Waals surface area contributed by atoms with Crippen LogP contribution in [0.15, 0.2) is 30.3 Å². The van der Waals surface area contributed by atoms with Crippen molar-refractivity contribution in [1.82, 2.24) is 15.5 Å². The van der Waals surface area contributed by atoms with Crippen molar-refractivity contribution < 1.29 is 24.4 Å². The van der Waals surface area contributed by atoms with Gasteiger partial charge in [-0.25, -0.2) is 4.79 Å². The molecule has 10 nitrogen and oxygen atoms in total. The van der Waals surface area contributed by atoms with Gasteiger partial charge in [0, 0.05) is 18.0 Å². The summed E-state index contributed by atoms with van der Waals surface area (Å²) < 4.78 is 0. The number of aliphatic hydroxyl groups is 1. The van der Waals surface area contributed by atoms with Crippen molar-refractivity contribution in [2.45, 2.75) is 64.1 Å². The van der Waals surface area contributed by atoms with Crippen molar-refractivity contribution in [1.29, 1.82) is 0 Å². The van der Waals surface area contributed by atoms with Crippen LogP contribution in [-0.2, 0) is 16.0 Å². The van der Waals surface area contributed by atoms with E-state index in [0.29, 0.717) is 38.8 Å². The summed E-state index contributed by atoms with van der Waals surface area (Å²) in [6.45, 7) is 3.73. The molecule has 0 aromatic heterocycles.